The fraction of sp³-hybridized carbons (Fsp3) is 0.588. The Hall–Kier alpha value is -1.06. The molecule has 0 saturated carbocycles. The van der Waals surface area contributed by atoms with Gasteiger partial charge in [-0.1, -0.05) is 37.6 Å². The fourth-order valence-electron chi connectivity index (χ4n) is 2.55. The van der Waals surface area contributed by atoms with Gasteiger partial charge in [0.2, 0.25) is 5.91 Å². The maximum absolute atomic E-state index is 12.1. The number of hydrogen-bond acceptors (Lipinski definition) is 2. The Labute approximate surface area is 133 Å². The minimum absolute atomic E-state index is 0.0903. The lowest BCUT2D eigenvalue weighted by molar-refractivity contribution is -0.122. The van der Waals surface area contributed by atoms with Crippen molar-refractivity contribution in [2.75, 3.05) is 6.54 Å². The van der Waals surface area contributed by atoms with Crippen LogP contribution in [0.15, 0.2) is 24.3 Å². The van der Waals surface area contributed by atoms with Crippen molar-refractivity contribution in [3.63, 3.8) is 0 Å². The minimum atomic E-state index is 0.0903. The summed E-state index contributed by atoms with van der Waals surface area (Å²) in [6.07, 6.45) is 2.31. The van der Waals surface area contributed by atoms with Gasteiger partial charge in [-0.3, -0.25) is 4.79 Å². The number of carbonyl (C=O) groups is 1. The molecule has 0 saturated heterocycles. The van der Waals surface area contributed by atoms with Gasteiger partial charge < -0.3 is 11.1 Å². The van der Waals surface area contributed by atoms with Crippen molar-refractivity contribution in [1.82, 2.24) is 5.32 Å². The highest BCUT2D eigenvalue weighted by atomic mass is 35.5. The Bertz CT molecular complexity index is 431. The summed E-state index contributed by atoms with van der Waals surface area (Å²) in [5.74, 6) is 0.929. The van der Waals surface area contributed by atoms with Crippen LogP contribution >= 0.6 is 11.6 Å². The summed E-state index contributed by atoms with van der Waals surface area (Å²) >= 11 is 5.87. The van der Waals surface area contributed by atoms with Crippen molar-refractivity contribution in [1.29, 1.82) is 0 Å². The van der Waals surface area contributed by atoms with Crippen molar-refractivity contribution in [3.8, 4) is 0 Å². The molecule has 21 heavy (non-hydrogen) atoms. The summed E-state index contributed by atoms with van der Waals surface area (Å²) in [5, 5.41) is 3.78. The third kappa shape index (κ3) is 7.49. The van der Waals surface area contributed by atoms with Gasteiger partial charge in [0.1, 0.15) is 0 Å². The predicted octanol–water partition coefficient (Wildman–Crippen LogP) is 3.40. The molecule has 1 aromatic carbocycles. The number of nitrogens with one attached hydrogen (secondary N) is 1. The van der Waals surface area contributed by atoms with Gasteiger partial charge in [0, 0.05) is 17.5 Å². The highest BCUT2D eigenvalue weighted by Crippen LogP contribution is 2.15. The van der Waals surface area contributed by atoms with Gasteiger partial charge in [-0.15, -0.1) is 0 Å². The summed E-state index contributed by atoms with van der Waals surface area (Å²) in [4.78, 5) is 12.1. The first-order valence-electron chi connectivity index (χ1n) is 7.64. The smallest absolute Gasteiger partial charge is 0.220 e. The van der Waals surface area contributed by atoms with E-state index in [-0.39, 0.29) is 17.9 Å². The molecule has 2 atom stereocenters. The minimum Gasteiger partial charge on any atom is -0.353 e. The second kappa shape index (κ2) is 9.06. The standard InChI is InChI=1S/C17H27ClN2O/c1-12(2)8-15(11-19)10-17(21)20-13(3)9-14-4-6-16(18)7-5-14/h4-7,12-13,15H,8-11,19H2,1-3H3,(H,20,21)/t13?,15-/m0/s1. The molecule has 3 N–H and O–H groups in total. The lowest BCUT2D eigenvalue weighted by atomic mass is 9.94. The highest BCUT2D eigenvalue weighted by molar-refractivity contribution is 6.30. The van der Waals surface area contributed by atoms with Crippen molar-refractivity contribution in [3.05, 3.63) is 34.9 Å². The van der Waals surface area contributed by atoms with Crippen LogP contribution in [0.25, 0.3) is 0 Å². The number of amides is 1. The van der Waals surface area contributed by atoms with E-state index in [1.165, 1.54) is 5.56 Å². The second-order valence-electron chi connectivity index (χ2n) is 6.23. The lowest BCUT2D eigenvalue weighted by Crippen LogP contribution is -2.36. The Morgan fingerprint density at radius 1 is 1.24 bits per heavy atom. The molecular weight excluding hydrogens is 284 g/mol. The molecule has 0 spiro atoms. The van der Waals surface area contributed by atoms with Crippen LogP contribution in [0.3, 0.4) is 0 Å². The van der Waals surface area contributed by atoms with E-state index in [0.29, 0.717) is 18.9 Å². The van der Waals surface area contributed by atoms with Gasteiger partial charge in [-0.05, 0) is 55.8 Å². The Morgan fingerprint density at radius 2 is 1.86 bits per heavy atom. The fourth-order valence-corrected chi connectivity index (χ4v) is 2.68. The zero-order chi connectivity index (χ0) is 15.8. The summed E-state index contributed by atoms with van der Waals surface area (Å²) in [6.45, 7) is 6.90. The third-order valence-electron chi connectivity index (χ3n) is 3.47. The first-order valence-corrected chi connectivity index (χ1v) is 8.02. The molecule has 0 bridgehead atoms. The van der Waals surface area contributed by atoms with Crippen molar-refractivity contribution < 1.29 is 4.79 Å². The molecule has 4 heteroatoms. The van der Waals surface area contributed by atoms with Gasteiger partial charge >= 0.3 is 0 Å². The molecule has 0 radical (unpaired) electrons. The van der Waals surface area contributed by atoms with Crippen LogP contribution < -0.4 is 11.1 Å². The van der Waals surface area contributed by atoms with Crippen LogP contribution in [-0.2, 0) is 11.2 Å². The van der Waals surface area contributed by atoms with Crippen LogP contribution in [0, 0.1) is 11.8 Å². The molecule has 1 unspecified atom stereocenters. The SMILES string of the molecule is CC(C)C[C@H](CN)CC(=O)NC(C)Cc1ccc(Cl)cc1. The molecule has 0 fully saturated rings. The van der Waals surface area contributed by atoms with E-state index in [9.17, 15) is 4.79 Å². The van der Waals surface area contributed by atoms with Crippen LogP contribution in [0.1, 0.15) is 39.2 Å². The van der Waals surface area contributed by atoms with Gasteiger partial charge in [0.25, 0.3) is 0 Å². The molecule has 0 aliphatic heterocycles. The number of carbonyl (C=O) groups excluding carboxylic acids is 1. The van der Waals surface area contributed by atoms with Crippen LogP contribution in [0.4, 0.5) is 0 Å². The summed E-state index contributed by atoms with van der Waals surface area (Å²) in [6, 6.07) is 7.84. The van der Waals surface area contributed by atoms with E-state index in [0.717, 1.165) is 17.9 Å². The van der Waals surface area contributed by atoms with Crippen molar-refractivity contribution in [2.45, 2.75) is 46.1 Å². The first kappa shape index (κ1) is 18.0. The highest BCUT2D eigenvalue weighted by Gasteiger charge is 2.15. The van der Waals surface area contributed by atoms with Crippen LogP contribution in [-0.4, -0.2) is 18.5 Å². The normalized spacial score (nSPS) is 14.0. The monoisotopic (exact) mass is 310 g/mol. The topological polar surface area (TPSA) is 55.1 Å². The molecule has 0 aliphatic carbocycles. The molecule has 118 valence electrons. The van der Waals surface area contributed by atoms with E-state index >= 15 is 0 Å². The van der Waals surface area contributed by atoms with Gasteiger partial charge in [0.05, 0.1) is 0 Å². The molecular formula is C17H27ClN2O. The van der Waals surface area contributed by atoms with E-state index in [4.69, 9.17) is 17.3 Å². The maximum Gasteiger partial charge on any atom is 0.220 e. The zero-order valence-corrected chi connectivity index (χ0v) is 14.0. The van der Waals surface area contributed by atoms with E-state index in [1.54, 1.807) is 0 Å². The van der Waals surface area contributed by atoms with Gasteiger partial charge in [-0.25, -0.2) is 0 Å². The number of rotatable bonds is 8. The average Bonchev–Trinajstić information content (AvgIpc) is 2.39. The second-order valence-corrected chi connectivity index (χ2v) is 6.67. The summed E-state index contributed by atoms with van der Waals surface area (Å²) in [7, 11) is 0. The average molecular weight is 311 g/mol. The number of halogens is 1. The Balaban J connectivity index is 2.40. The Kier molecular flexibility index (Phi) is 7.76. The van der Waals surface area contributed by atoms with E-state index in [2.05, 4.69) is 19.2 Å². The zero-order valence-electron chi connectivity index (χ0n) is 13.2. The van der Waals surface area contributed by atoms with Gasteiger partial charge in [-0.2, -0.15) is 0 Å². The van der Waals surface area contributed by atoms with E-state index in [1.807, 2.05) is 31.2 Å². The van der Waals surface area contributed by atoms with Crippen molar-refractivity contribution >= 4 is 17.5 Å². The quantitative estimate of drug-likeness (QED) is 0.773. The lowest BCUT2D eigenvalue weighted by Gasteiger charge is -2.19. The molecule has 1 aromatic rings. The van der Waals surface area contributed by atoms with Crippen LogP contribution in [0.5, 0.6) is 0 Å². The molecule has 1 amide bonds. The van der Waals surface area contributed by atoms with Gasteiger partial charge in [0.15, 0.2) is 0 Å². The molecule has 0 heterocycles. The van der Waals surface area contributed by atoms with E-state index < -0.39 is 0 Å². The molecule has 1 rings (SSSR count). The maximum atomic E-state index is 12.1. The largest absolute Gasteiger partial charge is 0.353 e. The molecule has 3 nitrogen and oxygen atoms in total. The summed E-state index contributed by atoms with van der Waals surface area (Å²) in [5.41, 5.74) is 6.92. The predicted molar refractivity (Wildman–Crippen MR) is 89.4 cm³/mol. The van der Waals surface area contributed by atoms with Crippen molar-refractivity contribution in [2.24, 2.45) is 17.6 Å². The third-order valence-corrected chi connectivity index (χ3v) is 3.73. The molecule has 0 aliphatic rings. The molecule has 0 aromatic heterocycles. The van der Waals surface area contributed by atoms with Crippen LogP contribution in [0.2, 0.25) is 5.02 Å². The number of nitrogens with two attached hydrogens (primary N) is 1. The first-order chi connectivity index (χ1) is 9.90. The number of benzene rings is 1. The number of hydrogen-bond donors (Lipinski definition) is 2. The Morgan fingerprint density at radius 3 is 2.38 bits per heavy atom. The summed E-state index contributed by atoms with van der Waals surface area (Å²) < 4.78 is 0.